The van der Waals surface area contributed by atoms with E-state index in [0.29, 0.717) is 22.0 Å². The van der Waals surface area contributed by atoms with E-state index in [0.717, 1.165) is 23.4 Å². The molecule has 0 fully saturated rings. The number of benzene rings is 3. The van der Waals surface area contributed by atoms with Crippen LogP contribution in [0.2, 0.25) is 0 Å². The Kier molecular flexibility index (Phi) is 5.90. The molecule has 0 aliphatic carbocycles. The average molecular weight is 421 g/mol. The number of rotatable bonds is 7. The number of methoxy groups -OCH3 is 1. The Hall–Kier alpha value is -3.45. The normalized spacial score (nSPS) is 10.7. The molecule has 1 amide bonds. The Morgan fingerprint density at radius 3 is 2.57 bits per heavy atom. The maximum absolute atomic E-state index is 13.1. The van der Waals surface area contributed by atoms with E-state index in [1.165, 1.54) is 41.2 Å². The fraction of sp³-hybridized carbons (Fsp3) is 0.130. The first-order valence-electron chi connectivity index (χ1n) is 9.46. The molecule has 0 atom stereocenters. The highest BCUT2D eigenvalue weighted by atomic mass is 32.1. The van der Waals surface area contributed by atoms with Crippen LogP contribution in [0.15, 0.2) is 66.7 Å². The molecule has 0 saturated heterocycles. The molecule has 30 heavy (non-hydrogen) atoms. The van der Waals surface area contributed by atoms with E-state index in [9.17, 15) is 9.18 Å². The van der Waals surface area contributed by atoms with Gasteiger partial charge in [-0.15, -0.1) is 0 Å². The summed E-state index contributed by atoms with van der Waals surface area (Å²) in [5.41, 5.74) is 3.23. The number of amides is 1. The number of aromatic nitrogens is 1. The van der Waals surface area contributed by atoms with Crippen LogP contribution in [0.1, 0.15) is 15.9 Å². The number of anilines is 2. The molecule has 0 bridgehead atoms. The number of ether oxygens (including phenoxy) is 1. The van der Waals surface area contributed by atoms with Gasteiger partial charge in [-0.2, -0.15) is 0 Å². The predicted octanol–water partition coefficient (Wildman–Crippen LogP) is 5.35. The summed E-state index contributed by atoms with van der Waals surface area (Å²) < 4.78 is 19.4. The summed E-state index contributed by atoms with van der Waals surface area (Å²) in [7, 11) is 1.59. The maximum Gasteiger partial charge on any atom is 0.257 e. The highest BCUT2D eigenvalue weighted by Crippen LogP contribution is 2.37. The van der Waals surface area contributed by atoms with Crippen molar-refractivity contribution in [1.29, 1.82) is 0 Å². The minimum atomic E-state index is -0.387. The molecule has 0 aliphatic heterocycles. The summed E-state index contributed by atoms with van der Waals surface area (Å²) in [6.45, 7) is 0.764. The SMILES string of the molecule is COc1ccc(NCCc2ccccc2)c2sc(NC(=O)c3ccc(F)cc3)nc12. The lowest BCUT2D eigenvalue weighted by Gasteiger charge is -2.09. The van der Waals surface area contributed by atoms with Crippen LogP contribution in [0.5, 0.6) is 5.75 Å². The van der Waals surface area contributed by atoms with Gasteiger partial charge in [-0.3, -0.25) is 10.1 Å². The number of hydrogen-bond acceptors (Lipinski definition) is 5. The zero-order valence-electron chi connectivity index (χ0n) is 16.3. The number of nitrogens with one attached hydrogen (secondary N) is 2. The van der Waals surface area contributed by atoms with Crippen LogP contribution in [0.25, 0.3) is 10.2 Å². The van der Waals surface area contributed by atoms with Crippen molar-refractivity contribution in [2.75, 3.05) is 24.3 Å². The number of carbonyl (C=O) groups excluding carboxylic acids is 1. The van der Waals surface area contributed by atoms with Crippen molar-refractivity contribution in [2.45, 2.75) is 6.42 Å². The molecule has 7 heteroatoms. The van der Waals surface area contributed by atoms with Gasteiger partial charge in [-0.25, -0.2) is 9.37 Å². The van der Waals surface area contributed by atoms with Crippen LogP contribution >= 0.6 is 11.3 Å². The van der Waals surface area contributed by atoms with Crippen molar-refractivity contribution in [1.82, 2.24) is 4.98 Å². The van der Waals surface area contributed by atoms with Gasteiger partial charge in [0.25, 0.3) is 5.91 Å². The van der Waals surface area contributed by atoms with Gasteiger partial charge in [0.05, 0.1) is 17.5 Å². The second kappa shape index (κ2) is 8.92. The molecule has 3 aromatic carbocycles. The van der Waals surface area contributed by atoms with E-state index < -0.39 is 0 Å². The molecule has 1 heterocycles. The first kappa shape index (κ1) is 19.8. The van der Waals surface area contributed by atoms with E-state index >= 15 is 0 Å². The first-order chi connectivity index (χ1) is 14.6. The third-order valence-corrected chi connectivity index (χ3v) is 5.63. The number of fused-ring (bicyclic) bond motifs is 1. The standard InChI is InChI=1S/C23H20FN3O2S/c1-29-19-12-11-18(25-14-13-15-5-3-2-4-6-15)21-20(19)26-23(30-21)27-22(28)16-7-9-17(24)10-8-16/h2-12,25H,13-14H2,1H3,(H,26,27,28). The Labute approximate surface area is 177 Å². The lowest BCUT2D eigenvalue weighted by Crippen LogP contribution is -2.11. The Morgan fingerprint density at radius 2 is 1.83 bits per heavy atom. The molecule has 4 aromatic rings. The molecule has 4 rings (SSSR count). The minimum Gasteiger partial charge on any atom is -0.494 e. The molecule has 0 radical (unpaired) electrons. The van der Waals surface area contributed by atoms with Gasteiger partial charge >= 0.3 is 0 Å². The van der Waals surface area contributed by atoms with Crippen molar-refractivity contribution in [3.8, 4) is 5.75 Å². The van der Waals surface area contributed by atoms with E-state index in [4.69, 9.17) is 4.74 Å². The zero-order chi connectivity index (χ0) is 20.9. The van der Waals surface area contributed by atoms with Gasteiger partial charge in [0.15, 0.2) is 5.13 Å². The Bertz CT molecular complexity index is 1160. The molecule has 5 nitrogen and oxygen atoms in total. The molecule has 0 saturated carbocycles. The molecule has 2 N–H and O–H groups in total. The van der Waals surface area contributed by atoms with Crippen LogP contribution in [-0.4, -0.2) is 24.5 Å². The number of halogens is 1. The monoisotopic (exact) mass is 421 g/mol. The summed E-state index contributed by atoms with van der Waals surface area (Å²) in [5, 5.41) is 6.70. The van der Waals surface area contributed by atoms with Gasteiger partial charge in [0, 0.05) is 12.1 Å². The van der Waals surface area contributed by atoms with E-state index in [2.05, 4.69) is 27.8 Å². The predicted molar refractivity (Wildman–Crippen MR) is 119 cm³/mol. The van der Waals surface area contributed by atoms with Crippen LogP contribution in [0, 0.1) is 5.82 Å². The lowest BCUT2D eigenvalue weighted by molar-refractivity contribution is 0.102. The highest BCUT2D eigenvalue weighted by Gasteiger charge is 2.15. The molecule has 1 aromatic heterocycles. The Balaban J connectivity index is 1.54. The third kappa shape index (κ3) is 4.41. The number of nitrogens with zero attached hydrogens (tertiary/aromatic N) is 1. The molecule has 152 valence electrons. The molecule has 0 unspecified atom stereocenters. The van der Waals surface area contributed by atoms with Crippen molar-refractivity contribution < 1.29 is 13.9 Å². The van der Waals surface area contributed by atoms with Gasteiger partial charge < -0.3 is 10.1 Å². The number of carbonyl (C=O) groups is 1. The molecule has 0 spiro atoms. The Morgan fingerprint density at radius 1 is 1.07 bits per heavy atom. The maximum atomic E-state index is 13.1. The highest BCUT2D eigenvalue weighted by molar-refractivity contribution is 7.23. The lowest BCUT2D eigenvalue weighted by atomic mass is 10.1. The third-order valence-electron chi connectivity index (χ3n) is 4.63. The summed E-state index contributed by atoms with van der Waals surface area (Å²) in [6, 6.07) is 19.5. The zero-order valence-corrected chi connectivity index (χ0v) is 17.1. The average Bonchev–Trinajstić information content (AvgIpc) is 3.19. The second-order valence-electron chi connectivity index (χ2n) is 6.64. The van der Waals surface area contributed by atoms with Crippen LogP contribution in [0.4, 0.5) is 15.2 Å². The molecular weight excluding hydrogens is 401 g/mol. The van der Waals surface area contributed by atoms with Crippen molar-refractivity contribution in [3.63, 3.8) is 0 Å². The second-order valence-corrected chi connectivity index (χ2v) is 7.63. The van der Waals surface area contributed by atoms with Gasteiger partial charge in [0.2, 0.25) is 0 Å². The van der Waals surface area contributed by atoms with E-state index in [1.807, 2.05) is 30.3 Å². The molecular formula is C23H20FN3O2S. The van der Waals surface area contributed by atoms with E-state index in [1.54, 1.807) is 7.11 Å². The van der Waals surface area contributed by atoms with Gasteiger partial charge in [-0.1, -0.05) is 41.7 Å². The number of thiazole rings is 1. The smallest absolute Gasteiger partial charge is 0.257 e. The van der Waals surface area contributed by atoms with Crippen LogP contribution < -0.4 is 15.4 Å². The van der Waals surface area contributed by atoms with Crippen LogP contribution in [-0.2, 0) is 6.42 Å². The first-order valence-corrected chi connectivity index (χ1v) is 10.3. The molecule has 0 aliphatic rings. The largest absolute Gasteiger partial charge is 0.494 e. The van der Waals surface area contributed by atoms with E-state index in [-0.39, 0.29) is 11.7 Å². The van der Waals surface area contributed by atoms with Crippen molar-refractivity contribution in [2.24, 2.45) is 0 Å². The number of hydrogen-bond donors (Lipinski definition) is 2. The fourth-order valence-corrected chi connectivity index (χ4v) is 4.06. The van der Waals surface area contributed by atoms with Crippen molar-refractivity contribution >= 4 is 38.3 Å². The topological polar surface area (TPSA) is 63.2 Å². The summed E-state index contributed by atoms with van der Waals surface area (Å²) >= 11 is 1.37. The van der Waals surface area contributed by atoms with Crippen molar-refractivity contribution in [3.05, 3.63) is 83.7 Å². The summed E-state index contributed by atoms with van der Waals surface area (Å²) in [5.74, 6) is -0.0914. The van der Waals surface area contributed by atoms with Gasteiger partial charge in [0.1, 0.15) is 17.1 Å². The summed E-state index contributed by atoms with van der Waals surface area (Å²) in [6.07, 6.45) is 0.890. The quantitative estimate of drug-likeness (QED) is 0.422. The van der Waals surface area contributed by atoms with Gasteiger partial charge in [-0.05, 0) is 48.4 Å². The summed E-state index contributed by atoms with van der Waals surface area (Å²) in [4.78, 5) is 17.0. The minimum absolute atomic E-state index is 0.341. The van der Waals surface area contributed by atoms with Crippen LogP contribution in [0.3, 0.4) is 0 Å². The fourth-order valence-electron chi connectivity index (χ4n) is 3.10.